The number of rotatable bonds is 10. The van der Waals surface area contributed by atoms with Crippen molar-refractivity contribution in [1.29, 1.82) is 0 Å². The van der Waals surface area contributed by atoms with E-state index in [4.69, 9.17) is 4.74 Å². The van der Waals surface area contributed by atoms with Crippen LogP contribution in [0.15, 0.2) is 24.3 Å². The molecule has 2 atom stereocenters. The molecule has 1 aliphatic rings. The van der Waals surface area contributed by atoms with Crippen LogP contribution < -0.4 is 10.1 Å². The lowest BCUT2D eigenvalue weighted by molar-refractivity contribution is -0.153. The number of carbonyl (C=O) groups excluding carboxylic acids is 1. The fourth-order valence-electron chi connectivity index (χ4n) is 4.28. The number of hydrogen-bond acceptors (Lipinski definition) is 4. The standard InChI is InChI=1S/C23H36F3N3O2/c1-5-14-29(21(22(30)28(3)4)19-10-12-27-13-11-19)17(2)15-18-6-8-20(9-7-18)31-16-23(24,25)26/h6-9,17,19,21,27H,5,10-16H2,1-4H3. The van der Waals surface area contributed by atoms with Gasteiger partial charge in [0.05, 0.1) is 6.04 Å². The molecule has 0 bridgehead atoms. The zero-order valence-electron chi connectivity index (χ0n) is 19.0. The van der Waals surface area contributed by atoms with Gasteiger partial charge in [0, 0.05) is 20.1 Å². The van der Waals surface area contributed by atoms with Gasteiger partial charge >= 0.3 is 6.18 Å². The van der Waals surface area contributed by atoms with Crippen molar-refractivity contribution < 1.29 is 22.7 Å². The number of likely N-dealkylation sites (N-methyl/N-ethyl adjacent to an activating group) is 1. The molecule has 1 saturated heterocycles. The van der Waals surface area contributed by atoms with Gasteiger partial charge in [0.15, 0.2) is 6.61 Å². The molecule has 0 aliphatic carbocycles. The van der Waals surface area contributed by atoms with E-state index in [-0.39, 0.29) is 23.7 Å². The number of alkyl halides is 3. The van der Waals surface area contributed by atoms with Gasteiger partial charge in [-0.15, -0.1) is 0 Å². The molecular weight excluding hydrogens is 407 g/mol. The van der Waals surface area contributed by atoms with Gasteiger partial charge in [-0.25, -0.2) is 0 Å². The average molecular weight is 444 g/mol. The summed E-state index contributed by atoms with van der Waals surface area (Å²) in [5.74, 6) is 0.654. The molecule has 1 aliphatic heterocycles. The Morgan fingerprint density at radius 1 is 1.19 bits per heavy atom. The fraction of sp³-hybridized carbons (Fsp3) is 0.696. The molecule has 1 amide bonds. The van der Waals surface area contributed by atoms with E-state index in [0.29, 0.717) is 12.3 Å². The Morgan fingerprint density at radius 2 is 1.81 bits per heavy atom. The summed E-state index contributed by atoms with van der Waals surface area (Å²) >= 11 is 0. The summed E-state index contributed by atoms with van der Waals surface area (Å²) in [6.45, 7) is 5.62. The molecule has 1 aromatic rings. The van der Waals surface area contributed by atoms with Crippen LogP contribution in [0.25, 0.3) is 0 Å². The number of piperidine rings is 1. The smallest absolute Gasteiger partial charge is 0.422 e. The fourth-order valence-corrected chi connectivity index (χ4v) is 4.28. The van der Waals surface area contributed by atoms with Crippen molar-refractivity contribution in [2.75, 3.05) is 40.3 Å². The Morgan fingerprint density at radius 3 is 2.32 bits per heavy atom. The SMILES string of the molecule is CCCN(C(C)Cc1ccc(OCC(F)(F)F)cc1)C(C(=O)N(C)C)C1CCNCC1. The summed E-state index contributed by atoms with van der Waals surface area (Å²) in [5.41, 5.74) is 1.01. The maximum atomic E-state index is 13.2. The Hall–Kier alpha value is -1.80. The van der Waals surface area contributed by atoms with Gasteiger partial charge in [-0.1, -0.05) is 19.1 Å². The Labute approximate surface area is 183 Å². The van der Waals surface area contributed by atoms with E-state index >= 15 is 0 Å². The van der Waals surface area contributed by atoms with E-state index in [9.17, 15) is 18.0 Å². The monoisotopic (exact) mass is 443 g/mol. The minimum absolute atomic E-state index is 0.116. The normalized spacial score (nSPS) is 17.4. The third kappa shape index (κ3) is 8.00. The van der Waals surface area contributed by atoms with Gasteiger partial charge in [-0.05, 0) is 75.9 Å². The number of nitrogens with zero attached hydrogens (tertiary/aromatic N) is 2. The van der Waals surface area contributed by atoms with E-state index in [2.05, 4.69) is 24.1 Å². The number of carbonyl (C=O) groups is 1. The molecule has 2 unspecified atom stereocenters. The summed E-state index contributed by atoms with van der Waals surface area (Å²) in [5, 5.41) is 3.38. The topological polar surface area (TPSA) is 44.8 Å². The summed E-state index contributed by atoms with van der Waals surface area (Å²) < 4.78 is 41.8. The highest BCUT2D eigenvalue weighted by Gasteiger charge is 2.37. The second kappa shape index (κ2) is 11.7. The number of halogens is 3. The highest BCUT2D eigenvalue weighted by molar-refractivity contribution is 5.81. The van der Waals surface area contributed by atoms with E-state index < -0.39 is 12.8 Å². The summed E-state index contributed by atoms with van der Waals surface area (Å²) in [6.07, 6.45) is -0.750. The minimum atomic E-state index is -4.35. The molecule has 31 heavy (non-hydrogen) atoms. The van der Waals surface area contributed by atoms with Crippen LogP contribution in [0.2, 0.25) is 0 Å². The molecule has 5 nitrogen and oxygen atoms in total. The lowest BCUT2D eigenvalue weighted by atomic mass is 9.87. The predicted molar refractivity (Wildman–Crippen MR) is 116 cm³/mol. The van der Waals surface area contributed by atoms with Gasteiger partial charge in [0.1, 0.15) is 5.75 Å². The first-order valence-corrected chi connectivity index (χ1v) is 11.1. The number of benzene rings is 1. The molecule has 176 valence electrons. The van der Waals surface area contributed by atoms with Crippen LogP contribution in [0.1, 0.15) is 38.7 Å². The van der Waals surface area contributed by atoms with Crippen LogP contribution >= 0.6 is 0 Å². The van der Waals surface area contributed by atoms with Crippen molar-refractivity contribution in [3.05, 3.63) is 29.8 Å². The maximum Gasteiger partial charge on any atom is 0.422 e. The number of amides is 1. The predicted octanol–water partition coefficient (Wildman–Crippen LogP) is 3.73. The van der Waals surface area contributed by atoms with Crippen molar-refractivity contribution >= 4 is 5.91 Å². The molecule has 1 heterocycles. The second-order valence-corrected chi connectivity index (χ2v) is 8.60. The van der Waals surface area contributed by atoms with Crippen molar-refractivity contribution in [1.82, 2.24) is 15.1 Å². The van der Waals surface area contributed by atoms with E-state index in [0.717, 1.165) is 44.5 Å². The zero-order valence-corrected chi connectivity index (χ0v) is 19.0. The van der Waals surface area contributed by atoms with Gasteiger partial charge in [-0.2, -0.15) is 13.2 Å². The first kappa shape index (κ1) is 25.5. The van der Waals surface area contributed by atoms with Crippen LogP contribution in [0, 0.1) is 5.92 Å². The van der Waals surface area contributed by atoms with E-state index in [1.54, 1.807) is 29.2 Å². The van der Waals surface area contributed by atoms with Gasteiger partial charge in [-0.3, -0.25) is 9.69 Å². The Balaban J connectivity index is 2.13. The van der Waals surface area contributed by atoms with Crippen LogP contribution in [0.5, 0.6) is 5.75 Å². The van der Waals surface area contributed by atoms with Crippen molar-refractivity contribution in [2.24, 2.45) is 5.92 Å². The molecule has 8 heteroatoms. The van der Waals surface area contributed by atoms with E-state index in [1.165, 1.54) is 0 Å². The highest BCUT2D eigenvalue weighted by Crippen LogP contribution is 2.26. The molecular formula is C23H36F3N3O2. The maximum absolute atomic E-state index is 13.2. The molecule has 0 radical (unpaired) electrons. The Bertz CT molecular complexity index is 674. The molecule has 1 N–H and O–H groups in total. The van der Waals surface area contributed by atoms with Crippen LogP contribution in [-0.4, -0.2) is 74.3 Å². The quantitative estimate of drug-likeness (QED) is 0.599. The van der Waals surface area contributed by atoms with Gasteiger partial charge in [0.25, 0.3) is 0 Å². The van der Waals surface area contributed by atoms with Crippen LogP contribution in [-0.2, 0) is 11.2 Å². The number of nitrogens with one attached hydrogen (secondary N) is 1. The first-order chi connectivity index (χ1) is 14.6. The lowest BCUT2D eigenvalue weighted by Gasteiger charge is -2.42. The largest absolute Gasteiger partial charge is 0.484 e. The summed E-state index contributed by atoms with van der Waals surface area (Å²) in [6, 6.07) is 6.71. The van der Waals surface area contributed by atoms with Gasteiger partial charge < -0.3 is 15.0 Å². The zero-order chi connectivity index (χ0) is 23.0. The highest BCUT2D eigenvalue weighted by atomic mass is 19.4. The third-order valence-corrected chi connectivity index (χ3v) is 5.79. The van der Waals surface area contributed by atoms with E-state index in [1.807, 2.05) is 14.1 Å². The minimum Gasteiger partial charge on any atom is -0.484 e. The molecule has 1 fully saturated rings. The number of ether oxygens (including phenoxy) is 1. The molecule has 0 saturated carbocycles. The van der Waals surface area contributed by atoms with Crippen LogP contribution in [0.4, 0.5) is 13.2 Å². The van der Waals surface area contributed by atoms with Crippen LogP contribution in [0.3, 0.4) is 0 Å². The van der Waals surface area contributed by atoms with Crippen molar-refractivity contribution in [2.45, 2.75) is 57.8 Å². The average Bonchev–Trinajstić information content (AvgIpc) is 2.73. The Kier molecular flexibility index (Phi) is 9.62. The molecule has 0 spiro atoms. The summed E-state index contributed by atoms with van der Waals surface area (Å²) in [4.78, 5) is 17.2. The lowest BCUT2D eigenvalue weighted by Crippen LogP contribution is -2.56. The first-order valence-electron chi connectivity index (χ1n) is 11.1. The van der Waals surface area contributed by atoms with Gasteiger partial charge in [0.2, 0.25) is 5.91 Å². The van der Waals surface area contributed by atoms with Crippen molar-refractivity contribution in [3.63, 3.8) is 0 Å². The summed E-state index contributed by atoms with van der Waals surface area (Å²) in [7, 11) is 3.62. The number of hydrogen-bond donors (Lipinski definition) is 1. The molecule has 1 aromatic carbocycles. The second-order valence-electron chi connectivity index (χ2n) is 8.60. The molecule has 0 aromatic heterocycles. The molecule has 2 rings (SSSR count). The van der Waals surface area contributed by atoms with Crippen molar-refractivity contribution in [3.8, 4) is 5.75 Å². The third-order valence-electron chi connectivity index (χ3n) is 5.79.